The summed E-state index contributed by atoms with van der Waals surface area (Å²) in [7, 11) is 0. The minimum Gasteiger partial charge on any atom is -0.354 e. The van der Waals surface area contributed by atoms with Crippen LogP contribution in [-0.4, -0.2) is 18.5 Å². The minimum atomic E-state index is -0.102. The molecule has 1 unspecified atom stereocenters. The summed E-state index contributed by atoms with van der Waals surface area (Å²) >= 11 is 0. The fourth-order valence-corrected chi connectivity index (χ4v) is 2.06. The zero-order chi connectivity index (χ0) is 12.1. The number of nitrogens with one attached hydrogen (secondary N) is 2. The van der Waals surface area contributed by atoms with Gasteiger partial charge in [-0.25, -0.2) is 0 Å². The third-order valence-electron chi connectivity index (χ3n) is 3.05. The lowest BCUT2D eigenvalue weighted by Gasteiger charge is -2.25. The Morgan fingerprint density at radius 2 is 2.24 bits per heavy atom. The molecule has 3 nitrogen and oxygen atoms in total. The van der Waals surface area contributed by atoms with E-state index in [0.29, 0.717) is 6.54 Å². The molecule has 0 bridgehead atoms. The van der Waals surface area contributed by atoms with Gasteiger partial charge in [0, 0.05) is 13.1 Å². The summed E-state index contributed by atoms with van der Waals surface area (Å²) in [6.45, 7) is 5.08. The molecule has 1 atom stereocenters. The highest BCUT2D eigenvalue weighted by atomic mass is 16.2. The Morgan fingerprint density at radius 1 is 1.47 bits per heavy atom. The van der Waals surface area contributed by atoms with E-state index in [0.717, 1.165) is 19.4 Å². The Hall–Kier alpha value is -1.61. The van der Waals surface area contributed by atoms with E-state index < -0.39 is 0 Å². The van der Waals surface area contributed by atoms with Crippen LogP contribution in [0.3, 0.4) is 0 Å². The van der Waals surface area contributed by atoms with Crippen LogP contribution in [0.4, 0.5) is 0 Å². The van der Waals surface area contributed by atoms with Crippen molar-refractivity contribution < 1.29 is 4.79 Å². The smallest absolute Gasteiger partial charge is 0.237 e. The van der Waals surface area contributed by atoms with Crippen LogP contribution in [0, 0.1) is 0 Å². The average molecular weight is 230 g/mol. The Labute approximate surface area is 102 Å². The van der Waals surface area contributed by atoms with Crippen molar-refractivity contribution in [1.29, 1.82) is 0 Å². The highest BCUT2D eigenvalue weighted by molar-refractivity contribution is 5.82. The van der Waals surface area contributed by atoms with Crippen LogP contribution < -0.4 is 10.6 Å². The molecule has 1 aromatic carbocycles. The zero-order valence-electron chi connectivity index (χ0n) is 9.91. The van der Waals surface area contributed by atoms with E-state index in [4.69, 9.17) is 0 Å². The van der Waals surface area contributed by atoms with Crippen molar-refractivity contribution in [1.82, 2.24) is 10.6 Å². The second-order valence-corrected chi connectivity index (χ2v) is 4.27. The van der Waals surface area contributed by atoms with E-state index in [-0.39, 0.29) is 11.9 Å². The van der Waals surface area contributed by atoms with Crippen molar-refractivity contribution in [2.45, 2.75) is 25.4 Å². The topological polar surface area (TPSA) is 41.1 Å². The normalized spacial score (nSPS) is 18.2. The number of carbonyl (C=O) groups is 1. The van der Waals surface area contributed by atoms with Crippen molar-refractivity contribution in [2.75, 3.05) is 6.54 Å². The van der Waals surface area contributed by atoms with E-state index in [1.165, 1.54) is 11.1 Å². The number of amides is 1. The Bertz CT molecular complexity index is 414. The van der Waals surface area contributed by atoms with Gasteiger partial charge in [0.1, 0.15) is 0 Å². The quantitative estimate of drug-likeness (QED) is 0.606. The first-order valence-electron chi connectivity index (χ1n) is 6.00. The molecule has 90 valence electrons. The summed E-state index contributed by atoms with van der Waals surface area (Å²) in [5.41, 5.74) is 2.57. The van der Waals surface area contributed by atoms with E-state index in [9.17, 15) is 4.79 Å². The van der Waals surface area contributed by atoms with Crippen molar-refractivity contribution in [3.8, 4) is 0 Å². The summed E-state index contributed by atoms with van der Waals surface area (Å²) < 4.78 is 0. The van der Waals surface area contributed by atoms with E-state index >= 15 is 0 Å². The molecule has 0 aliphatic carbocycles. The van der Waals surface area contributed by atoms with Crippen LogP contribution in [0.15, 0.2) is 36.9 Å². The summed E-state index contributed by atoms with van der Waals surface area (Å²) in [6.07, 6.45) is 3.40. The number of benzene rings is 1. The predicted octanol–water partition coefficient (Wildman–Crippen LogP) is 1.39. The second kappa shape index (κ2) is 5.64. The predicted molar refractivity (Wildman–Crippen MR) is 68.6 cm³/mol. The molecule has 3 heteroatoms. The molecule has 1 heterocycles. The van der Waals surface area contributed by atoms with Gasteiger partial charge in [0.15, 0.2) is 0 Å². The standard InChI is InChI=1S/C14H18N2O/c1-2-3-8-15-14(17)13-9-11-6-4-5-7-12(11)10-16-13/h2,4-7,13,16H,1,3,8-10H2,(H,15,17). The molecule has 0 radical (unpaired) electrons. The van der Waals surface area contributed by atoms with Crippen molar-refractivity contribution >= 4 is 5.91 Å². The van der Waals surface area contributed by atoms with Gasteiger partial charge in [-0.05, 0) is 24.0 Å². The molecule has 0 saturated heterocycles. The zero-order valence-corrected chi connectivity index (χ0v) is 9.91. The van der Waals surface area contributed by atoms with E-state index in [1.807, 2.05) is 18.2 Å². The Morgan fingerprint density at radius 3 is 3.00 bits per heavy atom. The summed E-state index contributed by atoms with van der Waals surface area (Å²) in [5.74, 6) is 0.0846. The molecule has 0 aromatic heterocycles. The van der Waals surface area contributed by atoms with E-state index in [1.54, 1.807) is 0 Å². The lowest BCUT2D eigenvalue weighted by molar-refractivity contribution is -0.123. The van der Waals surface area contributed by atoms with Crippen LogP contribution in [0.2, 0.25) is 0 Å². The lowest BCUT2D eigenvalue weighted by atomic mass is 9.95. The molecule has 2 N–H and O–H groups in total. The van der Waals surface area contributed by atoms with Gasteiger partial charge in [-0.1, -0.05) is 30.3 Å². The Kier molecular flexibility index (Phi) is 3.94. The number of hydrogen-bond donors (Lipinski definition) is 2. The molecule has 1 aliphatic heterocycles. The van der Waals surface area contributed by atoms with Gasteiger partial charge in [-0.3, -0.25) is 4.79 Å². The number of hydrogen-bond acceptors (Lipinski definition) is 2. The third kappa shape index (κ3) is 2.94. The molecule has 1 aromatic rings. The van der Waals surface area contributed by atoms with Crippen molar-refractivity contribution in [2.24, 2.45) is 0 Å². The first-order chi connectivity index (χ1) is 8.31. The molecule has 1 amide bonds. The van der Waals surface area contributed by atoms with Crippen molar-refractivity contribution in [3.63, 3.8) is 0 Å². The third-order valence-corrected chi connectivity index (χ3v) is 3.05. The van der Waals surface area contributed by atoms with Crippen molar-refractivity contribution in [3.05, 3.63) is 48.0 Å². The Balaban J connectivity index is 1.93. The molecule has 0 spiro atoms. The van der Waals surface area contributed by atoms with Crippen LogP contribution in [0.5, 0.6) is 0 Å². The number of carbonyl (C=O) groups excluding carboxylic acids is 1. The summed E-state index contributed by atoms with van der Waals surface area (Å²) in [5, 5.41) is 6.18. The van der Waals surface area contributed by atoms with Gasteiger partial charge < -0.3 is 10.6 Å². The van der Waals surface area contributed by atoms with Gasteiger partial charge >= 0.3 is 0 Å². The first-order valence-corrected chi connectivity index (χ1v) is 6.00. The summed E-state index contributed by atoms with van der Waals surface area (Å²) in [6, 6.07) is 8.16. The summed E-state index contributed by atoms with van der Waals surface area (Å²) in [4.78, 5) is 11.9. The van der Waals surface area contributed by atoms with Gasteiger partial charge in [0.2, 0.25) is 5.91 Å². The maximum Gasteiger partial charge on any atom is 0.237 e. The van der Waals surface area contributed by atoms with Gasteiger partial charge in [0.25, 0.3) is 0 Å². The molecule has 0 fully saturated rings. The largest absolute Gasteiger partial charge is 0.354 e. The molecule has 1 aliphatic rings. The monoisotopic (exact) mass is 230 g/mol. The number of rotatable bonds is 4. The van der Waals surface area contributed by atoms with Crippen LogP contribution >= 0.6 is 0 Å². The molecule has 0 saturated carbocycles. The molecule has 17 heavy (non-hydrogen) atoms. The highest BCUT2D eigenvalue weighted by Crippen LogP contribution is 2.16. The van der Waals surface area contributed by atoms with Crippen LogP contribution in [0.25, 0.3) is 0 Å². The highest BCUT2D eigenvalue weighted by Gasteiger charge is 2.23. The SMILES string of the molecule is C=CCCNC(=O)C1Cc2ccccc2CN1. The average Bonchev–Trinajstić information content (AvgIpc) is 2.38. The minimum absolute atomic E-state index is 0.0846. The second-order valence-electron chi connectivity index (χ2n) is 4.27. The van der Waals surface area contributed by atoms with Crippen LogP contribution in [-0.2, 0) is 17.8 Å². The maximum absolute atomic E-state index is 11.9. The molecular formula is C14H18N2O. The fraction of sp³-hybridized carbons (Fsp3) is 0.357. The van der Waals surface area contributed by atoms with Gasteiger partial charge in [-0.2, -0.15) is 0 Å². The fourth-order valence-electron chi connectivity index (χ4n) is 2.06. The molecule has 2 rings (SSSR count). The lowest BCUT2D eigenvalue weighted by Crippen LogP contribution is -2.47. The number of fused-ring (bicyclic) bond motifs is 1. The van der Waals surface area contributed by atoms with Gasteiger partial charge in [-0.15, -0.1) is 6.58 Å². The van der Waals surface area contributed by atoms with Crippen LogP contribution in [0.1, 0.15) is 17.5 Å². The first kappa shape index (κ1) is 11.9. The molecular weight excluding hydrogens is 212 g/mol. The van der Waals surface area contributed by atoms with E-state index in [2.05, 4.69) is 29.3 Å². The van der Waals surface area contributed by atoms with Gasteiger partial charge in [0.05, 0.1) is 6.04 Å². The maximum atomic E-state index is 11.9.